The maximum absolute atomic E-state index is 14.9. The molecule has 2 atom stereocenters. The van der Waals surface area contributed by atoms with Gasteiger partial charge in [0.1, 0.15) is 22.3 Å². The highest BCUT2D eigenvalue weighted by molar-refractivity contribution is 9.11. The van der Waals surface area contributed by atoms with Crippen LogP contribution in [0.2, 0.25) is 0 Å². The van der Waals surface area contributed by atoms with Crippen LogP contribution in [0.4, 0.5) is 9.18 Å². The second-order valence-electron chi connectivity index (χ2n) is 10.0. The molecule has 0 fully saturated rings. The van der Waals surface area contributed by atoms with E-state index in [1.165, 1.54) is 11.3 Å². The normalized spacial score (nSPS) is 19.9. The van der Waals surface area contributed by atoms with Crippen molar-refractivity contribution in [2.24, 2.45) is 0 Å². The van der Waals surface area contributed by atoms with E-state index in [9.17, 15) is 9.18 Å². The van der Waals surface area contributed by atoms with Gasteiger partial charge in [-0.05, 0) is 75.5 Å². The van der Waals surface area contributed by atoms with Crippen LogP contribution in [-0.4, -0.2) is 44.4 Å². The minimum atomic E-state index is -1.40. The Morgan fingerprint density at radius 1 is 1.28 bits per heavy atom. The van der Waals surface area contributed by atoms with E-state index in [-0.39, 0.29) is 18.6 Å². The van der Waals surface area contributed by atoms with E-state index in [1.54, 1.807) is 24.6 Å². The number of carbonyl (C=O) groups excluding carboxylic acids is 1. The number of aromatic nitrogens is 2. The van der Waals surface area contributed by atoms with Crippen LogP contribution in [-0.2, 0) is 11.2 Å². The summed E-state index contributed by atoms with van der Waals surface area (Å²) in [7, 11) is 0. The fraction of sp³-hybridized carbons (Fsp3) is 0.500. The van der Waals surface area contributed by atoms with Crippen molar-refractivity contribution >= 4 is 44.3 Å². The van der Waals surface area contributed by atoms with Crippen LogP contribution < -0.4 is 0 Å². The molecule has 0 amide bonds. The Kier molecular flexibility index (Phi) is 6.01. The Balaban J connectivity index is 2.00. The van der Waals surface area contributed by atoms with Crippen molar-refractivity contribution in [2.75, 3.05) is 6.54 Å². The van der Waals surface area contributed by atoms with Gasteiger partial charge >= 0.3 is 6.09 Å². The molecule has 0 radical (unpaired) electrons. The Morgan fingerprint density at radius 2 is 1.97 bits per heavy atom. The molecule has 2 aromatic heterocycles. The number of carbonyl (C=O) groups is 1. The fourth-order valence-electron chi connectivity index (χ4n) is 4.49. The highest BCUT2D eigenvalue weighted by Gasteiger charge is 2.42. The molecular weight excluding hydrogens is 493 g/mol. The first-order chi connectivity index (χ1) is 14.9. The van der Waals surface area contributed by atoms with Gasteiger partial charge in [-0.15, -0.1) is 11.3 Å². The zero-order valence-corrected chi connectivity index (χ0v) is 21.7. The minimum absolute atomic E-state index is 0.0723. The Labute approximate surface area is 200 Å². The largest absolute Gasteiger partial charge is 0.443 e. The number of fused-ring (bicyclic) bond motifs is 3. The molecule has 0 aliphatic carbocycles. The Bertz CT molecular complexity index is 1160. The van der Waals surface area contributed by atoms with Crippen molar-refractivity contribution in [1.29, 1.82) is 0 Å². The first kappa shape index (κ1) is 23.4. The summed E-state index contributed by atoms with van der Waals surface area (Å²) in [5, 5.41) is 1.85. The monoisotopic (exact) mass is 521 g/mol. The van der Waals surface area contributed by atoms with Gasteiger partial charge in [0.25, 0.3) is 0 Å². The van der Waals surface area contributed by atoms with Crippen LogP contribution in [0.1, 0.15) is 63.8 Å². The number of rotatable bonds is 3. The van der Waals surface area contributed by atoms with E-state index in [2.05, 4.69) is 32.7 Å². The van der Waals surface area contributed by atoms with Crippen LogP contribution in [0, 0.1) is 0 Å². The van der Waals surface area contributed by atoms with Crippen LogP contribution >= 0.6 is 27.3 Å². The van der Waals surface area contributed by atoms with E-state index in [4.69, 9.17) is 4.74 Å². The molecule has 0 N–H and O–H groups in total. The van der Waals surface area contributed by atoms with E-state index in [0.29, 0.717) is 6.42 Å². The number of thiazole rings is 1. The van der Waals surface area contributed by atoms with Gasteiger partial charge in [-0.1, -0.05) is 18.2 Å². The topological polar surface area (TPSA) is 47.4 Å². The second kappa shape index (κ2) is 8.22. The summed E-state index contributed by atoms with van der Waals surface area (Å²) in [6.07, 6.45) is 2.05. The van der Waals surface area contributed by atoms with E-state index in [1.807, 2.05) is 45.0 Å². The number of para-hydroxylation sites is 1. The number of alkyl halides is 1. The maximum atomic E-state index is 14.9. The van der Waals surface area contributed by atoms with Gasteiger partial charge in [0.2, 0.25) is 0 Å². The van der Waals surface area contributed by atoms with E-state index >= 15 is 0 Å². The summed E-state index contributed by atoms with van der Waals surface area (Å²) in [5.41, 5.74) is 0.688. The summed E-state index contributed by atoms with van der Waals surface area (Å²) < 4.78 is 23.3. The molecular formula is C24H29BrFN3O2S. The summed E-state index contributed by atoms with van der Waals surface area (Å²) in [4.78, 5) is 20.3. The molecule has 3 heterocycles. The lowest BCUT2D eigenvalue weighted by Gasteiger charge is -2.42. The van der Waals surface area contributed by atoms with Crippen molar-refractivity contribution < 1.29 is 13.9 Å². The maximum Gasteiger partial charge on any atom is 0.419 e. The molecule has 0 saturated heterocycles. The molecule has 1 aliphatic heterocycles. The molecule has 3 aromatic rings. The average molecular weight is 522 g/mol. The number of benzene rings is 1. The zero-order chi connectivity index (χ0) is 23.4. The quantitative estimate of drug-likeness (QED) is 0.383. The molecule has 32 heavy (non-hydrogen) atoms. The number of ether oxygens (including phenoxy) is 1. The molecule has 0 unspecified atom stereocenters. The van der Waals surface area contributed by atoms with Gasteiger partial charge in [0.15, 0.2) is 0 Å². The molecule has 4 rings (SSSR count). The van der Waals surface area contributed by atoms with Gasteiger partial charge < -0.3 is 4.74 Å². The van der Waals surface area contributed by atoms with Crippen LogP contribution in [0.25, 0.3) is 10.9 Å². The molecule has 8 heteroatoms. The molecule has 5 nitrogen and oxygen atoms in total. The Hall–Kier alpha value is -1.77. The molecule has 0 bridgehead atoms. The molecule has 172 valence electrons. The third-order valence-electron chi connectivity index (χ3n) is 5.54. The van der Waals surface area contributed by atoms with Gasteiger partial charge in [0.05, 0.1) is 21.2 Å². The lowest BCUT2D eigenvalue weighted by Crippen LogP contribution is -2.48. The summed E-state index contributed by atoms with van der Waals surface area (Å²) in [5.74, 6) is 0. The predicted molar refractivity (Wildman–Crippen MR) is 130 cm³/mol. The predicted octanol–water partition coefficient (Wildman–Crippen LogP) is 6.73. The van der Waals surface area contributed by atoms with Crippen molar-refractivity contribution in [1.82, 2.24) is 14.5 Å². The van der Waals surface area contributed by atoms with Crippen molar-refractivity contribution in [2.45, 2.75) is 71.3 Å². The number of hydrogen-bond acceptors (Lipinski definition) is 5. The van der Waals surface area contributed by atoms with Crippen LogP contribution in [0.15, 0.2) is 34.2 Å². The summed E-state index contributed by atoms with van der Waals surface area (Å²) in [6, 6.07) is 7.61. The van der Waals surface area contributed by atoms with Crippen molar-refractivity contribution in [3.63, 3.8) is 0 Å². The molecule has 1 aromatic carbocycles. The highest BCUT2D eigenvalue weighted by atomic mass is 79.9. The zero-order valence-electron chi connectivity index (χ0n) is 19.3. The van der Waals surface area contributed by atoms with E-state index < -0.39 is 17.4 Å². The number of halogens is 2. The van der Waals surface area contributed by atoms with Crippen LogP contribution in [0.3, 0.4) is 0 Å². The summed E-state index contributed by atoms with van der Waals surface area (Å²) >= 11 is 5.03. The molecule has 0 saturated carbocycles. The summed E-state index contributed by atoms with van der Waals surface area (Å²) in [6.45, 7) is 11.1. The smallest absolute Gasteiger partial charge is 0.419 e. The van der Waals surface area contributed by atoms with Gasteiger partial charge in [0, 0.05) is 18.0 Å². The number of nitrogens with zero attached hydrogens (tertiary/aromatic N) is 3. The number of hydrogen-bond donors (Lipinski definition) is 0. The average Bonchev–Trinajstić information content (AvgIpc) is 3.21. The Morgan fingerprint density at radius 3 is 2.56 bits per heavy atom. The molecule has 0 spiro atoms. The lowest BCUT2D eigenvalue weighted by molar-refractivity contribution is 0.0485. The van der Waals surface area contributed by atoms with Crippen LogP contribution in [0.5, 0.6) is 0 Å². The third-order valence-corrected chi connectivity index (χ3v) is 7.07. The van der Waals surface area contributed by atoms with Crippen molar-refractivity contribution in [3.8, 4) is 0 Å². The highest BCUT2D eigenvalue weighted by Crippen LogP contribution is 2.45. The van der Waals surface area contributed by atoms with Gasteiger partial charge in [-0.2, -0.15) is 0 Å². The standard InChI is InChI=1S/C24H29BrFN3O2S/c1-14-11-16-15-9-7-8-10-17(15)29(22(30)31-23(2,3)4)19(16)20(21-27-12-18(25)32-21)28(14)13-24(5,6)26/h7-10,12,14,20H,11,13H2,1-6H3/t14-,20+/m1/s1. The van der Waals surface area contributed by atoms with Gasteiger partial charge in [-0.3, -0.25) is 4.90 Å². The molecule has 1 aliphatic rings. The fourth-order valence-corrected chi connectivity index (χ4v) is 5.86. The first-order valence-electron chi connectivity index (χ1n) is 10.8. The minimum Gasteiger partial charge on any atom is -0.443 e. The third kappa shape index (κ3) is 4.50. The SMILES string of the molecule is C[C@@H]1Cc2c(n(C(=O)OC(C)(C)C)c3ccccc23)[C@@H](c2ncc(Br)s2)N1CC(C)(C)F. The van der Waals surface area contributed by atoms with E-state index in [0.717, 1.165) is 31.0 Å². The van der Waals surface area contributed by atoms with Crippen molar-refractivity contribution in [3.05, 3.63) is 50.5 Å². The second-order valence-corrected chi connectivity index (χ2v) is 12.5. The van der Waals surface area contributed by atoms with Gasteiger partial charge in [-0.25, -0.2) is 18.7 Å². The first-order valence-corrected chi connectivity index (χ1v) is 12.4. The lowest BCUT2D eigenvalue weighted by atomic mass is 9.91.